The van der Waals surface area contributed by atoms with E-state index in [9.17, 15) is 13.2 Å². The lowest BCUT2D eigenvalue weighted by molar-refractivity contribution is 0.0885. The predicted octanol–water partition coefficient (Wildman–Crippen LogP) is -0.205. The smallest absolute Gasteiger partial charge is 0.279 e. The summed E-state index contributed by atoms with van der Waals surface area (Å²) in [5.74, 6) is 4.70. The first-order valence-electron chi connectivity index (χ1n) is 8.58. The molecule has 2 aliphatic rings. The molecule has 1 aromatic rings. The second kappa shape index (κ2) is 7.79. The van der Waals surface area contributed by atoms with Gasteiger partial charge in [0, 0.05) is 44.3 Å². The molecule has 0 atom stereocenters. The van der Waals surface area contributed by atoms with E-state index in [1.165, 1.54) is 23.6 Å². The SMILES string of the molecule is NNC(=O)c1ccc(CNS(=O)(=O)N2CCN(C3CCC3)CC2)cc1. The van der Waals surface area contributed by atoms with Crippen LogP contribution in [-0.4, -0.2) is 55.8 Å². The summed E-state index contributed by atoms with van der Waals surface area (Å²) in [6.07, 6.45) is 3.77. The zero-order valence-electron chi connectivity index (χ0n) is 14.1. The highest BCUT2D eigenvalue weighted by Gasteiger charge is 2.31. The van der Waals surface area contributed by atoms with Crippen LogP contribution in [0.5, 0.6) is 0 Å². The Kier molecular flexibility index (Phi) is 5.70. The minimum atomic E-state index is -3.49. The molecule has 0 unspecified atom stereocenters. The van der Waals surface area contributed by atoms with E-state index < -0.39 is 10.2 Å². The molecule has 1 aliphatic carbocycles. The van der Waals surface area contributed by atoms with Gasteiger partial charge in [0.15, 0.2) is 0 Å². The Hall–Kier alpha value is -1.52. The van der Waals surface area contributed by atoms with Crippen molar-refractivity contribution in [2.45, 2.75) is 31.8 Å². The molecule has 1 aliphatic heterocycles. The van der Waals surface area contributed by atoms with Crippen molar-refractivity contribution in [3.63, 3.8) is 0 Å². The van der Waals surface area contributed by atoms with Crippen molar-refractivity contribution in [2.24, 2.45) is 5.84 Å². The summed E-state index contributed by atoms with van der Waals surface area (Å²) in [6.45, 7) is 2.85. The summed E-state index contributed by atoms with van der Waals surface area (Å²) in [7, 11) is -3.49. The molecule has 138 valence electrons. The van der Waals surface area contributed by atoms with Crippen LogP contribution < -0.4 is 16.0 Å². The van der Waals surface area contributed by atoms with Crippen LogP contribution >= 0.6 is 0 Å². The first-order valence-corrected chi connectivity index (χ1v) is 10.0. The normalized spacial score (nSPS) is 20.2. The first-order chi connectivity index (χ1) is 12.0. The molecule has 1 aromatic carbocycles. The lowest BCUT2D eigenvalue weighted by Gasteiger charge is -2.42. The highest BCUT2D eigenvalue weighted by molar-refractivity contribution is 7.87. The molecule has 0 spiro atoms. The van der Waals surface area contributed by atoms with Crippen molar-refractivity contribution >= 4 is 16.1 Å². The highest BCUT2D eigenvalue weighted by Crippen LogP contribution is 2.25. The number of hydrazine groups is 1. The molecule has 1 amide bonds. The van der Waals surface area contributed by atoms with Gasteiger partial charge in [-0.2, -0.15) is 17.4 Å². The van der Waals surface area contributed by atoms with E-state index in [1.807, 2.05) is 0 Å². The molecule has 3 rings (SSSR count). The first kappa shape index (κ1) is 18.3. The number of nitrogens with zero attached hydrogens (tertiary/aromatic N) is 2. The van der Waals surface area contributed by atoms with Gasteiger partial charge in [0.2, 0.25) is 0 Å². The number of nitrogens with two attached hydrogens (primary N) is 1. The van der Waals surface area contributed by atoms with Crippen LogP contribution in [0.4, 0.5) is 0 Å². The average Bonchev–Trinajstić information content (AvgIpc) is 2.59. The molecule has 1 saturated heterocycles. The number of hydrogen-bond acceptors (Lipinski definition) is 5. The van der Waals surface area contributed by atoms with Crippen molar-refractivity contribution < 1.29 is 13.2 Å². The third-order valence-electron chi connectivity index (χ3n) is 5.01. The summed E-state index contributed by atoms with van der Waals surface area (Å²) in [4.78, 5) is 13.8. The summed E-state index contributed by atoms with van der Waals surface area (Å²) in [6, 6.07) is 7.30. The van der Waals surface area contributed by atoms with Crippen molar-refractivity contribution in [1.82, 2.24) is 19.4 Å². The lowest BCUT2D eigenvalue weighted by Crippen LogP contribution is -2.55. The van der Waals surface area contributed by atoms with Crippen LogP contribution in [0.3, 0.4) is 0 Å². The van der Waals surface area contributed by atoms with Gasteiger partial charge in [0.05, 0.1) is 0 Å². The maximum atomic E-state index is 12.5. The van der Waals surface area contributed by atoms with Crippen LogP contribution in [0.1, 0.15) is 35.2 Å². The number of amides is 1. The number of rotatable bonds is 6. The standard InChI is InChI=1S/C16H25N5O3S/c17-19-16(22)14-6-4-13(5-7-14)12-18-25(23,24)21-10-8-20(9-11-21)15-2-1-3-15/h4-7,15,18H,1-3,8-12,17H2,(H,19,22). The van der Waals surface area contributed by atoms with Crippen LogP contribution in [0.15, 0.2) is 24.3 Å². The van der Waals surface area contributed by atoms with Crippen molar-refractivity contribution in [3.8, 4) is 0 Å². The van der Waals surface area contributed by atoms with E-state index in [4.69, 9.17) is 5.84 Å². The van der Waals surface area contributed by atoms with Crippen LogP contribution in [0.25, 0.3) is 0 Å². The van der Waals surface area contributed by atoms with E-state index in [0.29, 0.717) is 24.7 Å². The van der Waals surface area contributed by atoms with E-state index >= 15 is 0 Å². The lowest BCUT2D eigenvalue weighted by atomic mass is 9.91. The van der Waals surface area contributed by atoms with Gasteiger partial charge in [-0.25, -0.2) is 5.84 Å². The minimum absolute atomic E-state index is 0.190. The number of carbonyl (C=O) groups excluding carboxylic acids is 1. The molecular formula is C16H25N5O3S. The number of hydrogen-bond donors (Lipinski definition) is 3. The Morgan fingerprint density at radius 3 is 2.28 bits per heavy atom. The maximum absolute atomic E-state index is 12.5. The highest BCUT2D eigenvalue weighted by atomic mass is 32.2. The van der Waals surface area contributed by atoms with Gasteiger partial charge in [0.1, 0.15) is 0 Å². The number of piperazine rings is 1. The summed E-state index contributed by atoms with van der Waals surface area (Å²) >= 11 is 0. The van der Waals surface area contributed by atoms with E-state index in [-0.39, 0.29) is 12.5 Å². The molecule has 8 nitrogen and oxygen atoms in total. The van der Waals surface area contributed by atoms with Crippen LogP contribution in [-0.2, 0) is 16.8 Å². The van der Waals surface area contributed by atoms with Gasteiger partial charge in [-0.15, -0.1) is 0 Å². The minimum Gasteiger partial charge on any atom is -0.298 e. The van der Waals surface area contributed by atoms with Crippen molar-refractivity contribution in [1.29, 1.82) is 0 Å². The number of nitrogen functional groups attached to an aromatic ring is 1. The second-order valence-electron chi connectivity index (χ2n) is 6.52. The summed E-state index contributed by atoms with van der Waals surface area (Å²) in [5, 5.41) is 0. The number of benzene rings is 1. The third-order valence-corrected chi connectivity index (χ3v) is 6.56. The monoisotopic (exact) mass is 367 g/mol. The predicted molar refractivity (Wildman–Crippen MR) is 94.6 cm³/mol. The van der Waals surface area contributed by atoms with Crippen molar-refractivity contribution in [2.75, 3.05) is 26.2 Å². The molecule has 4 N–H and O–H groups in total. The van der Waals surface area contributed by atoms with Crippen molar-refractivity contribution in [3.05, 3.63) is 35.4 Å². The van der Waals surface area contributed by atoms with Gasteiger partial charge >= 0.3 is 0 Å². The van der Waals surface area contributed by atoms with Crippen LogP contribution in [0, 0.1) is 0 Å². The fourth-order valence-electron chi connectivity index (χ4n) is 3.18. The maximum Gasteiger partial charge on any atom is 0.279 e. The zero-order chi connectivity index (χ0) is 17.9. The quantitative estimate of drug-likeness (QED) is 0.366. The Balaban J connectivity index is 1.50. The fourth-order valence-corrected chi connectivity index (χ4v) is 4.36. The molecule has 9 heteroatoms. The van der Waals surface area contributed by atoms with Crippen LogP contribution in [0.2, 0.25) is 0 Å². The Labute approximate surface area is 148 Å². The average molecular weight is 367 g/mol. The third kappa shape index (κ3) is 4.36. The molecule has 1 saturated carbocycles. The molecule has 1 heterocycles. The summed E-state index contributed by atoms with van der Waals surface area (Å²) < 4.78 is 29.1. The molecule has 2 fully saturated rings. The van der Waals surface area contributed by atoms with E-state index in [2.05, 4.69) is 15.0 Å². The molecule has 0 aromatic heterocycles. The molecule has 0 radical (unpaired) electrons. The Morgan fingerprint density at radius 2 is 1.76 bits per heavy atom. The van der Waals surface area contributed by atoms with E-state index in [0.717, 1.165) is 18.7 Å². The number of carbonyl (C=O) groups is 1. The second-order valence-corrected chi connectivity index (χ2v) is 8.27. The largest absolute Gasteiger partial charge is 0.298 e. The van der Waals surface area contributed by atoms with Gasteiger partial charge in [-0.3, -0.25) is 15.1 Å². The Morgan fingerprint density at radius 1 is 1.12 bits per heavy atom. The topological polar surface area (TPSA) is 108 Å². The number of nitrogens with one attached hydrogen (secondary N) is 2. The van der Waals surface area contributed by atoms with Gasteiger partial charge in [0.25, 0.3) is 16.1 Å². The Bertz CT molecular complexity index is 695. The molecule has 25 heavy (non-hydrogen) atoms. The zero-order valence-corrected chi connectivity index (χ0v) is 15.0. The van der Waals surface area contributed by atoms with Gasteiger partial charge in [-0.1, -0.05) is 18.6 Å². The summed E-state index contributed by atoms with van der Waals surface area (Å²) in [5.41, 5.74) is 3.27. The molecule has 0 bridgehead atoms. The fraction of sp³-hybridized carbons (Fsp3) is 0.562. The molecular weight excluding hydrogens is 342 g/mol. The van der Waals surface area contributed by atoms with E-state index in [1.54, 1.807) is 24.3 Å². The van der Waals surface area contributed by atoms with Gasteiger partial charge in [-0.05, 0) is 30.5 Å². The van der Waals surface area contributed by atoms with Gasteiger partial charge < -0.3 is 0 Å².